The van der Waals surface area contributed by atoms with Crippen molar-refractivity contribution >= 4 is 5.69 Å². The molecule has 0 amide bonds. The molecule has 15 heavy (non-hydrogen) atoms. The largest absolute Gasteiger partial charge is 0.320 e. The van der Waals surface area contributed by atoms with Gasteiger partial charge in [0.2, 0.25) is 0 Å². The summed E-state index contributed by atoms with van der Waals surface area (Å²) in [7, 11) is 0. The molecule has 2 N–H and O–H groups in total. The summed E-state index contributed by atoms with van der Waals surface area (Å²) in [6.07, 6.45) is 0. The molecule has 1 aromatic carbocycles. The Kier molecular flexibility index (Phi) is 3.39. The molecule has 1 aromatic rings. The third kappa shape index (κ3) is 2.53. The molecule has 0 radical (unpaired) electrons. The maximum atomic E-state index is 10.7. The summed E-state index contributed by atoms with van der Waals surface area (Å²) in [5.41, 5.74) is 5.50. The van der Waals surface area contributed by atoms with Gasteiger partial charge in [-0.05, 0) is 12.1 Å². The van der Waals surface area contributed by atoms with Gasteiger partial charge in [0.25, 0.3) is 5.69 Å². The molecule has 0 saturated heterocycles. The highest BCUT2D eigenvalue weighted by atomic mass is 16.6. The van der Waals surface area contributed by atoms with Crippen LogP contribution < -0.4 is 5.73 Å². The second-order valence-corrected chi connectivity index (χ2v) is 2.61. The Hall–Kier alpha value is -2.37. The molecular formula is C10H7N3O2. The maximum Gasteiger partial charge on any atom is 0.286 e. The minimum atomic E-state index is -0.568. The molecule has 0 fully saturated rings. The molecule has 0 bridgehead atoms. The summed E-state index contributed by atoms with van der Waals surface area (Å²) in [6.45, 7) is 0.136. The number of nitrogens with zero attached hydrogens (tertiary/aromatic N) is 2. The van der Waals surface area contributed by atoms with Gasteiger partial charge in [0.1, 0.15) is 5.56 Å². The van der Waals surface area contributed by atoms with Crippen molar-refractivity contribution in [3.05, 3.63) is 39.4 Å². The highest BCUT2D eigenvalue weighted by Gasteiger charge is 2.12. The van der Waals surface area contributed by atoms with Crippen LogP contribution in [-0.4, -0.2) is 11.5 Å². The van der Waals surface area contributed by atoms with E-state index in [1.54, 1.807) is 0 Å². The van der Waals surface area contributed by atoms with Gasteiger partial charge in [-0.3, -0.25) is 10.1 Å². The Balaban J connectivity index is 3.29. The molecule has 0 spiro atoms. The van der Waals surface area contributed by atoms with Crippen LogP contribution in [-0.2, 0) is 0 Å². The van der Waals surface area contributed by atoms with Crippen molar-refractivity contribution in [1.29, 1.82) is 5.26 Å². The zero-order valence-corrected chi connectivity index (χ0v) is 7.73. The van der Waals surface area contributed by atoms with E-state index < -0.39 is 4.92 Å². The van der Waals surface area contributed by atoms with E-state index in [0.717, 1.165) is 0 Å². The first kappa shape index (κ1) is 10.7. The van der Waals surface area contributed by atoms with Crippen LogP contribution in [0.5, 0.6) is 0 Å². The number of nitrogens with two attached hydrogens (primary N) is 1. The second kappa shape index (κ2) is 4.75. The van der Waals surface area contributed by atoms with Gasteiger partial charge in [0, 0.05) is 6.07 Å². The topological polar surface area (TPSA) is 93.0 Å². The van der Waals surface area contributed by atoms with Crippen molar-refractivity contribution in [3.8, 4) is 17.9 Å². The highest BCUT2D eigenvalue weighted by molar-refractivity contribution is 5.54. The zero-order valence-electron chi connectivity index (χ0n) is 7.73. The summed E-state index contributed by atoms with van der Waals surface area (Å²) in [5, 5.41) is 19.2. The van der Waals surface area contributed by atoms with Crippen molar-refractivity contribution in [3.63, 3.8) is 0 Å². The summed E-state index contributed by atoms with van der Waals surface area (Å²) < 4.78 is 0. The normalized spacial score (nSPS) is 8.53. The number of rotatable bonds is 1. The van der Waals surface area contributed by atoms with Crippen molar-refractivity contribution in [2.75, 3.05) is 6.54 Å². The summed E-state index contributed by atoms with van der Waals surface area (Å²) >= 11 is 0. The number of nitriles is 1. The molecule has 0 aliphatic carbocycles. The lowest BCUT2D eigenvalue weighted by atomic mass is 10.1. The van der Waals surface area contributed by atoms with Gasteiger partial charge in [-0.2, -0.15) is 5.26 Å². The van der Waals surface area contributed by atoms with Gasteiger partial charge in [0.15, 0.2) is 0 Å². The van der Waals surface area contributed by atoms with Gasteiger partial charge in [-0.15, -0.1) is 0 Å². The Morgan fingerprint density at radius 3 is 2.80 bits per heavy atom. The molecule has 5 nitrogen and oxygen atoms in total. The predicted octanol–water partition coefficient (Wildman–Crippen LogP) is 0.777. The van der Waals surface area contributed by atoms with Crippen LogP contribution in [0.25, 0.3) is 0 Å². The monoisotopic (exact) mass is 201 g/mol. The molecule has 0 aliphatic heterocycles. The number of nitro benzene ring substituents is 1. The molecule has 74 valence electrons. The molecule has 5 heteroatoms. The van der Waals surface area contributed by atoms with E-state index in [9.17, 15) is 10.1 Å². The third-order valence-corrected chi connectivity index (χ3v) is 1.65. The van der Waals surface area contributed by atoms with Gasteiger partial charge in [0.05, 0.1) is 23.1 Å². The Morgan fingerprint density at radius 1 is 1.53 bits per heavy atom. The fourth-order valence-electron chi connectivity index (χ4n) is 1.00. The molecule has 0 heterocycles. The minimum Gasteiger partial charge on any atom is -0.320 e. The quantitative estimate of drug-likeness (QED) is 0.412. The number of hydrogen-bond acceptors (Lipinski definition) is 4. The van der Waals surface area contributed by atoms with Crippen LogP contribution in [0, 0.1) is 33.3 Å². The molecule has 0 aromatic heterocycles. The van der Waals surface area contributed by atoms with Crippen LogP contribution in [0.15, 0.2) is 18.2 Å². The van der Waals surface area contributed by atoms with Crippen LogP contribution in [0.3, 0.4) is 0 Å². The predicted molar refractivity (Wildman–Crippen MR) is 53.7 cm³/mol. The van der Waals surface area contributed by atoms with Crippen LogP contribution >= 0.6 is 0 Å². The molecule has 0 unspecified atom stereocenters. The summed E-state index contributed by atoms with van der Waals surface area (Å²) in [5.74, 6) is 5.11. The molecule has 1 rings (SSSR count). The minimum absolute atomic E-state index is 0.136. The number of hydrogen-bond donors (Lipinski definition) is 1. The van der Waals surface area contributed by atoms with Gasteiger partial charge in [-0.1, -0.05) is 11.8 Å². The van der Waals surface area contributed by atoms with Crippen LogP contribution in [0.4, 0.5) is 5.69 Å². The third-order valence-electron chi connectivity index (χ3n) is 1.65. The summed E-state index contributed by atoms with van der Waals surface area (Å²) in [6, 6.07) is 5.95. The number of benzene rings is 1. The van der Waals surface area contributed by atoms with E-state index >= 15 is 0 Å². The lowest BCUT2D eigenvalue weighted by Gasteiger charge is -1.95. The van der Waals surface area contributed by atoms with E-state index in [-0.39, 0.29) is 23.4 Å². The fraction of sp³-hybridized carbons (Fsp3) is 0.100. The number of nitro groups is 1. The van der Waals surface area contributed by atoms with Crippen LogP contribution in [0.2, 0.25) is 0 Å². The second-order valence-electron chi connectivity index (χ2n) is 2.61. The lowest BCUT2D eigenvalue weighted by molar-refractivity contribution is -0.385. The first-order chi connectivity index (χ1) is 7.19. The highest BCUT2D eigenvalue weighted by Crippen LogP contribution is 2.18. The van der Waals surface area contributed by atoms with Gasteiger partial charge >= 0.3 is 0 Å². The first-order valence-electron chi connectivity index (χ1n) is 4.06. The molecular weight excluding hydrogens is 194 g/mol. The molecule has 0 aliphatic rings. The Labute approximate surface area is 86.3 Å². The van der Waals surface area contributed by atoms with Crippen LogP contribution in [0.1, 0.15) is 11.1 Å². The maximum absolute atomic E-state index is 10.7. The standard InChI is InChI=1S/C10H7N3O2/c11-5-1-2-9-4-3-8(7-12)6-10(9)13(14)15/h3-4,6H,5,11H2. The van der Waals surface area contributed by atoms with E-state index in [1.165, 1.54) is 18.2 Å². The van der Waals surface area contributed by atoms with Crippen molar-refractivity contribution in [1.82, 2.24) is 0 Å². The molecule has 0 atom stereocenters. The fourth-order valence-corrected chi connectivity index (χ4v) is 1.00. The van der Waals surface area contributed by atoms with E-state index in [0.29, 0.717) is 0 Å². The molecule has 0 saturated carbocycles. The Bertz CT molecular complexity index is 492. The SMILES string of the molecule is N#Cc1ccc(C#CCN)c([N+](=O)[O-])c1. The van der Waals surface area contributed by atoms with E-state index in [2.05, 4.69) is 11.8 Å². The van der Waals surface area contributed by atoms with Crippen molar-refractivity contribution in [2.45, 2.75) is 0 Å². The average molecular weight is 201 g/mol. The smallest absolute Gasteiger partial charge is 0.286 e. The van der Waals surface area contributed by atoms with Gasteiger partial charge < -0.3 is 5.73 Å². The van der Waals surface area contributed by atoms with E-state index in [4.69, 9.17) is 11.0 Å². The van der Waals surface area contributed by atoms with Crippen molar-refractivity contribution < 1.29 is 4.92 Å². The van der Waals surface area contributed by atoms with E-state index in [1.807, 2.05) is 6.07 Å². The van der Waals surface area contributed by atoms with Crippen molar-refractivity contribution in [2.24, 2.45) is 5.73 Å². The zero-order chi connectivity index (χ0) is 11.3. The first-order valence-corrected chi connectivity index (χ1v) is 4.06. The van der Waals surface area contributed by atoms with Gasteiger partial charge in [-0.25, -0.2) is 0 Å². The lowest BCUT2D eigenvalue weighted by Crippen LogP contribution is -1.95. The Morgan fingerprint density at radius 2 is 2.27 bits per heavy atom. The average Bonchev–Trinajstić information content (AvgIpc) is 2.26. The summed E-state index contributed by atoms with van der Waals surface area (Å²) in [4.78, 5) is 10.1.